The Kier molecular flexibility index (Phi) is 3.56. The van der Waals surface area contributed by atoms with Crippen LogP contribution in [0.15, 0.2) is 12.4 Å². The SMILES string of the molecule is CN(c1cc(NCCN)ncn1)C1CCC1. The Bertz CT molecular complexity index is 337. The Morgan fingerprint density at radius 1 is 1.50 bits per heavy atom. The molecular formula is C11H19N5. The molecule has 2 rings (SSSR count). The van der Waals surface area contributed by atoms with Crippen LogP contribution in [0.1, 0.15) is 19.3 Å². The Labute approximate surface area is 96.1 Å². The number of hydrogen-bond acceptors (Lipinski definition) is 5. The van der Waals surface area contributed by atoms with Gasteiger partial charge in [-0.2, -0.15) is 0 Å². The van der Waals surface area contributed by atoms with Gasteiger partial charge in [-0.3, -0.25) is 0 Å². The highest BCUT2D eigenvalue weighted by molar-refractivity contribution is 5.48. The molecule has 16 heavy (non-hydrogen) atoms. The zero-order valence-corrected chi connectivity index (χ0v) is 9.69. The Morgan fingerprint density at radius 2 is 2.31 bits per heavy atom. The lowest BCUT2D eigenvalue weighted by Gasteiger charge is -2.35. The molecule has 0 unspecified atom stereocenters. The fourth-order valence-electron chi connectivity index (χ4n) is 1.80. The molecule has 1 aromatic rings. The van der Waals surface area contributed by atoms with Crippen LogP contribution in [0, 0.1) is 0 Å². The van der Waals surface area contributed by atoms with Crippen molar-refractivity contribution >= 4 is 11.6 Å². The van der Waals surface area contributed by atoms with Gasteiger partial charge in [-0.25, -0.2) is 9.97 Å². The summed E-state index contributed by atoms with van der Waals surface area (Å²) in [5, 5.41) is 3.16. The predicted octanol–water partition coefficient (Wildman–Crippen LogP) is 0.836. The highest BCUT2D eigenvalue weighted by Crippen LogP contribution is 2.27. The summed E-state index contributed by atoms with van der Waals surface area (Å²) in [6, 6.07) is 2.63. The predicted molar refractivity (Wildman–Crippen MR) is 65.6 cm³/mol. The summed E-state index contributed by atoms with van der Waals surface area (Å²) >= 11 is 0. The number of nitrogens with one attached hydrogen (secondary N) is 1. The lowest BCUT2D eigenvalue weighted by Crippen LogP contribution is -2.37. The first-order valence-electron chi connectivity index (χ1n) is 5.80. The van der Waals surface area contributed by atoms with Crippen molar-refractivity contribution in [1.82, 2.24) is 9.97 Å². The molecule has 0 aromatic carbocycles. The molecule has 0 atom stereocenters. The normalized spacial score (nSPS) is 15.6. The van der Waals surface area contributed by atoms with E-state index in [4.69, 9.17) is 5.73 Å². The van der Waals surface area contributed by atoms with Gasteiger partial charge in [-0.1, -0.05) is 0 Å². The van der Waals surface area contributed by atoms with Crippen molar-refractivity contribution in [3.05, 3.63) is 12.4 Å². The quantitative estimate of drug-likeness (QED) is 0.771. The van der Waals surface area contributed by atoms with E-state index in [-0.39, 0.29) is 0 Å². The molecule has 88 valence electrons. The van der Waals surface area contributed by atoms with E-state index in [1.54, 1.807) is 6.33 Å². The smallest absolute Gasteiger partial charge is 0.134 e. The minimum Gasteiger partial charge on any atom is -0.369 e. The number of nitrogens with two attached hydrogens (primary N) is 1. The van der Waals surface area contributed by atoms with Crippen LogP contribution < -0.4 is 16.0 Å². The van der Waals surface area contributed by atoms with Crippen LogP contribution in [0.25, 0.3) is 0 Å². The molecule has 0 spiro atoms. The second-order valence-electron chi connectivity index (χ2n) is 4.17. The Balaban J connectivity index is 2.02. The van der Waals surface area contributed by atoms with E-state index in [0.717, 1.165) is 18.2 Å². The van der Waals surface area contributed by atoms with Crippen molar-refractivity contribution in [2.24, 2.45) is 5.73 Å². The fraction of sp³-hybridized carbons (Fsp3) is 0.636. The van der Waals surface area contributed by atoms with Crippen LogP contribution in [-0.4, -0.2) is 36.1 Å². The standard InChI is InChI=1S/C11H19N5/c1-16(9-3-2-4-9)11-7-10(13-6-5-12)14-8-15-11/h7-9H,2-6,12H2,1H3,(H,13,14,15). The van der Waals surface area contributed by atoms with Crippen molar-refractivity contribution in [3.8, 4) is 0 Å². The van der Waals surface area contributed by atoms with Crippen LogP contribution in [0.2, 0.25) is 0 Å². The molecule has 0 saturated heterocycles. The highest BCUT2D eigenvalue weighted by atomic mass is 15.2. The summed E-state index contributed by atoms with van der Waals surface area (Å²) in [6.07, 6.45) is 5.47. The average molecular weight is 221 g/mol. The van der Waals surface area contributed by atoms with Crippen molar-refractivity contribution < 1.29 is 0 Å². The monoisotopic (exact) mass is 221 g/mol. The van der Waals surface area contributed by atoms with Gasteiger partial charge in [0, 0.05) is 32.2 Å². The molecule has 5 nitrogen and oxygen atoms in total. The number of hydrogen-bond donors (Lipinski definition) is 2. The molecule has 1 saturated carbocycles. The van der Waals surface area contributed by atoms with E-state index in [1.807, 2.05) is 6.07 Å². The molecule has 5 heteroatoms. The molecule has 0 aliphatic heterocycles. The number of aromatic nitrogens is 2. The summed E-state index contributed by atoms with van der Waals surface area (Å²) < 4.78 is 0. The van der Waals surface area contributed by atoms with Crippen molar-refractivity contribution in [2.45, 2.75) is 25.3 Å². The van der Waals surface area contributed by atoms with E-state index in [1.165, 1.54) is 19.3 Å². The van der Waals surface area contributed by atoms with Gasteiger partial charge in [-0.05, 0) is 19.3 Å². The lowest BCUT2D eigenvalue weighted by molar-refractivity contribution is 0.399. The van der Waals surface area contributed by atoms with Crippen LogP contribution in [0.3, 0.4) is 0 Å². The topological polar surface area (TPSA) is 67.1 Å². The molecule has 1 heterocycles. The molecule has 1 aliphatic rings. The maximum absolute atomic E-state index is 5.44. The number of nitrogens with zero attached hydrogens (tertiary/aromatic N) is 3. The molecule has 3 N–H and O–H groups in total. The third-order valence-electron chi connectivity index (χ3n) is 3.09. The van der Waals surface area contributed by atoms with Gasteiger partial charge >= 0.3 is 0 Å². The highest BCUT2D eigenvalue weighted by Gasteiger charge is 2.23. The van der Waals surface area contributed by atoms with Gasteiger partial charge < -0.3 is 16.0 Å². The first kappa shape index (κ1) is 11.1. The van der Waals surface area contributed by atoms with E-state index < -0.39 is 0 Å². The van der Waals surface area contributed by atoms with Gasteiger partial charge in [0.1, 0.15) is 18.0 Å². The van der Waals surface area contributed by atoms with E-state index in [9.17, 15) is 0 Å². The van der Waals surface area contributed by atoms with E-state index >= 15 is 0 Å². The molecule has 0 radical (unpaired) electrons. The first-order valence-corrected chi connectivity index (χ1v) is 5.80. The van der Waals surface area contributed by atoms with Gasteiger partial charge in [0.05, 0.1) is 0 Å². The van der Waals surface area contributed by atoms with Crippen molar-refractivity contribution in [2.75, 3.05) is 30.4 Å². The Morgan fingerprint density at radius 3 is 2.94 bits per heavy atom. The third kappa shape index (κ3) is 2.41. The second kappa shape index (κ2) is 5.12. The maximum Gasteiger partial charge on any atom is 0.134 e. The van der Waals surface area contributed by atoms with Crippen molar-refractivity contribution in [3.63, 3.8) is 0 Å². The molecule has 1 aliphatic carbocycles. The first-order chi connectivity index (χ1) is 7.81. The third-order valence-corrected chi connectivity index (χ3v) is 3.09. The minimum atomic E-state index is 0.609. The fourth-order valence-corrected chi connectivity index (χ4v) is 1.80. The minimum absolute atomic E-state index is 0.609. The molecule has 0 bridgehead atoms. The molecule has 1 aromatic heterocycles. The second-order valence-corrected chi connectivity index (χ2v) is 4.17. The van der Waals surface area contributed by atoms with Crippen LogP contribution in [0.5, 0.6) is 0 Å². The Hall–Kier alpha value is -1.36. The largest absolute Gasteiger partial charge is 0.369 e. The summed E-state index contributed by atoms with van der Waals surface area (Å²) in [5.74, 6) is 1.83. The summed E-state index contributed by atoms with van der Waals surface area (Å²) in [5.41, 5.74) is 5.44. The molecular weight excluding hydrogens is 202 g/mol. The molecule has 1 fully saturated rings. The average Bonchev–Trinajstić information content (AvgIpc) is 2.24. The van der Waals surface area contributed by atoms with Gasteiger partial charge in [0.25, 0.3) is 0 Å². The van der Waals surface area contributed by atoms with Gasteiger partial charge in [0.2, 0.25) is 0 Å². The van der Waals surface area contributed by atoms with E-state index in [2.05, 4.69) is 27.2 Å². The summed E-state index contributed by atoms with van der Waals surface area (Å²) in [6.45, 7) is 1.35. The van der Waals surface area contributed by atoms with Gasteiger partial charge in [-0.15, -0.1) is 0 Å². The van der Waals surface area contributed by atoms with Crippen molar-refractivity contribution in [1.29, 1.82) is 0 Å². The number of anilines is 2. The lowest BCUT2D eigenvalue weighted by atomic mass is 9.92. The van der Waals surface area contributed by atoms with Gasteiger partial charge in [0.15, 0.2) is 0 Å². The van der Waals surface area contributed by atoms with Crippen LogP contribution >= 0.6 is 0 Å². The zero-order chi connectivity index (χ0) is 11.4. The summed E-state index contributed by atoms with van der Waals surface area (Å²) in [7, 11) is 2.10. The zero-order valence-electron chi connectivity index (χ0n) is 9.69. The van der Waals surface area contributed by atoms with Crippen LogP contribution in [0.4, 0.5) is 11.6 Å². The number of rotatable bonds is 5. The summed E-state index contributed by atoms with van der Waals surface area (Å²) in [4.78, 5) is 10.7. The maximum atomic E-state index is 5.44. The van der Waals surface area contributed by atoms with Crippen LogP contribution in [-0.2, 0) is 0 Å². The van der Waals surface area contributed by atoms with E-state index in [0.29, 0.717) is 12.6 Å². The molecule has 0 amide bonds.